The molecule has 152 valence electrons. The molecule has 2 atom stereocenters. The van der Waals surface area contributed by atoms with Crippen molar-refractivity contribution >= 4 is 28.1 Å². The lowest BCUT2D eigenvalue weighted by molar-refractivity contribution is -0.930. The highest BCUT2D eigenvalue weighted by molar-refractivity contribution is 7.09. The minimum atomic E-state index is -0.552. The number of hydrogen-bond acceptors (Lipinski definition) is 5. The fraction of sp³-hybridized carbons (Fsp3) is 0.381. The largest absolute Gasteiger partial charge is 0.372 e. The van der Waals surface area contributed by atoms with Gasteiger partial charge in [-0.05, 0) is 36.4 Å². The van der Waals surface area contributed by atoms with Crippen LogP contribution >= 0.6 is 11.3 Å². The van der Waals surface area contributed by atoms with Crippen LogP contribution in [0, 0.1) is 0 Å². The first-order valence-corrected chi connectivity index (χ1v) is 10.7. The number of thiophene rings is 1. The van der Waals surface area contributed by atoms with Crippen molar-refractivity contribution < 1.29 is 14.4 Å². The maximum Gasteiger partial charge on any atom is 0.262 e. The van der Waals surface area contributed by atoms with E-state index in [1.54, 1.807) is 23.5 Å². The van der Waals surface area contributed by atoms with Gasteiger partial charge in [0.2, 0.25) is 5.91 Å². The lowest BCUT2D eigenvalue weighted by Gasteiger charge is -2.23. The van der Waals surface area contributed by atoms with E-state index < -0.39 is 5.91 Å². The second-order valence-corrected chi connectivity index (χ2v) is 8.46. The van der Waals surface area contributed by atoms with Gasteiger partial charge in [0.1, 0.15) is 32.3 Å². The van der Waals surface area contributed by atoms with E-state index in [0.717, 1.165) is 32.5 Å². The Balaban J connectivity index is 1.69. The average molecular weight is 414 g/mol. The van der Waals surface area contributed by atoms with Crippen molar-refractivity contribution in [2.75, 3.05) is 13.2 Å². The molecule has 0 bridgehead atoms. The third-order valence-corrected chi connectivity index (χ3v) is 6.08. The molecule has 0 aliphatic carbocycles. The van der Waals surface area contributed by atoms with Crippen molar-refractivity contribution in [1.82, 2.24) is 9.55 Å². The van der Waals surface area contributed by atoms with E-state index in [1.165, 1.54) is 14.3 Å². The fourth-order valence-corrected chi connectivity index (χ4v) is 4.66. The van der Waals surface area contributed by atoms with Crippen LogP contribution < -0.4 is 16.2 Å². The normalized spacial score (nSPS) is 17.6. The Morgan fingerprint density at radius 1 is 1.28 bits per heavy atom. The number of nitrogens with zero attached hydrogens (tertiary/aromatic N) is 2. The van der Waals surface area contributed by atoms with Gasteiger partial charge in [-0.3, -0.25) is 14.2 Å². The number of para-hydroxylation sites is 1. The van der Waals surface area contributed by atoms with E-state index in [9.17, 15) is 9.59 Å². The molecule has 1 aliphatic rings. The van der Waals surface area contributed by atoms with Gasteiger partial charge in [0.05, 0.1) is 15.8 Å². The van der Waals surface area contributed by atoms with E-state index in [-0.39, 0.29) is 18.2 Å². The van der Waals surface area contributed by atoms with Crippen molar-refractivity contribution in [3.63, 3.8) is 0 Å². The van der Waals surface area contributed by atoms with Gasteiger partial charge >= 0.3 is 0 Å². The summed E-state index contributed by atoms with van der Waals surface area (Å²) in [5, 5.41) is 2.56. The number of nitrogens with two attached hydrogens (primary N) is 1. The molecule has 1 aliphatic heterocycles. The highest BCUT2D eigenvalue weighted by Gasteiger charge is 2.25. The summed E-state index contributed by atoms with van der Waals surface area (Å²) < 4.78 is 7.27. The Labute approximate surface area is 172 Å². The summed E-state index contributed by atoms with van der Waals surface area (Å²) in [5.74, 6) is 0.0291. The Morgan fingerprint density at radius 2 is 2.14 bits per heavy atom. The number of aromatic nitrogens is 2. The van der Waals surface area contributed by atoms with Gasteiger partial charge in [-0.15, -0.1) is 11.3 Å². The molecule has 7 nitrogen and oxygen atoms in total. The molecule has 3 aromatic rings. The molecule has 0 radical (unpaired) electrons. The number of quaternary nitrogens is 1. The minimum Gasteiger partial charge on any atom is -0.372 e. The van der Waals surface area contributed by atoms with Crippen LogP contribution in [0.4, 0.5) is 0 Å². The molecule has 1 aromatic carbocycles. The van der Waals surface area contributed by atoms with Crippen LogP contribution in [-0.4, -0.2) is 34.7 Å². The lowest BCUT2D eigenvalue weighted by Crippen LogP contribution is -3.10. The lowest BCUT2D eigenvalue weighted by atomic mass is 10.2. The van der Waals surface area contributed by atoms with E-state index in [4.69, 9.17) is 15.5 Å². The van der Waals surface area contributed by atoms with E-state index in [0.29, 0.717) is 23.3 Å². The highest BCUT2D eigenvalue weighted by Crippen LogP contribution is 2.12. The number of benzene rings is 1. The molecular weight excluding hydrogens is 388 g/mol. The van der Waals surface area contributed by atoms with Gasteiger partial charge in [-0.2, -0.15) is 0 Å². The van der Waals surface area contributed by atoms with E-state index >= 15 is 0 Å². The molecule has 4 rings (SSSR count). The zero-order chi connectivity index (χ0) is 20.2. The molecule has 3 heterocycles. The topological polar surface area (TPSA) is 91.7 Å². The summed E-state index contributed by atoms with van der Waals surface area (Å²) in [6, 6.07) is 11.4. The summed E-state index contributed by atoms with van der Waals surface area (Å²) in [5.41, 5.74) is 5.84. The SMILES string of the molecule is NC(=O)Cn1c(C[NH+](Cc2cccs2)C[C@@H]2CCCO2)nc2ccccc2c1=O. The molecule has 29 heavy (non-hydrogen) atoms. The van der Waals surface area contributed by atoms with Gasteiger partial charge < -0.3 is 15.4 Å². The van der Waals surface area contributed by atoms with Gasteiger partial charge in [0, 0.05) is 6.61 Å². The first kappa shape index (κ1) is 19.8. The number of carbonyl (C=O) groups excluding carboxylic acids is 1. The van der Waals surface area contributed by atoms with E-state index in [2.05, 4.69) is 11.4 Å². The number of ether oxygens (including phenoxy) is 1. The van der Waals surface area contributed by atoms with Gasteiger partial charge in [0.15, 0.2) is 5.82 Å². The number of fused-ring (bicyclic) bond motifs is 1. The number of nitrogens with one attached hydrogen (secondary N) is 1. The Hall–Kier alpha value is -2.55. The summed E-state index contributed by atoms with van der Waals surface area (Å²) in [7, 11) is 0. The van der Waals surface area contributed by atoms with Crippen molar-refractivity contribution in [1.29, 1.82) is 0 Å². The van der Waals surface area contributed by atoms with Gasteiger partial charge in [-0.1, -0.05) is 18.2 Å². The summed E-state index contributed by atoms with van der Waals surface area (Å²) in [4.78, 5) is 31.9. The molecule has 2 aromatic heterocycles. The molecule has 1 fully saturated rings. The Morgan fingerprint density at radius 3 is 2.86 bits per heavy atom. The van der Waals surface area contributed by atoms with Crippen LogP contribution in [-0.2, 0) is 29.2 Å². The van der Waals surface area contributed by atoms with Crippen LogP contribution in [0.2, 0.25) is 0 Å². The Kier molecular flexibility index (Phi) is 6.03. The summed E-state index contributed by atoms with van der Waals surface area (Å²) in [6.07, 6.45) is 2.34. The quantitative estimate of drug-likeness (QED) is 0.569. The molecule has 1 saturated heterocycles. The fourth-order valence-electron chi connectivity index (χ4n) is 3.89. The predicted octanol–water partition coefficient (Wildman–Crippen LogP) is 0.707. The van der Waals surface area contributed by atoms with Crippen molar-refractivity contribution in [2.24, 2.45) is 5.73 Å². The zero-order valence-corrected chi connectivity index (χ0v) is 17.0. The zero-order valence-electron chi connectivity index (χ0n) is 16.2. The Bertz CT molecular complexity index is 1040. The molecule has 1 unspecified atom stereocenters. The standard InChI is InChI=1S/C21H24N4O3S/c22-19(26)13-25-20(23-18-8-2-1-7-17(18)21(25)27)14-24(11-15-5-3-9-28-15)12-16-6-4-10-29-16/h1-2,4,6-8,10,15H,3,5,9,11-14H2,(H2,22,26)/p+1/t15-/m0/s1. The molecule has 0 saturated carbocycles. The second kappa shape index (κ2) is 8.86. The van der Waals surface area contributed by atoms with Crippen molar-refractivity contribution in [2.45, 2.75) is 38.6 Å². The van der Waals surface area contributed by atoms with Crippen LogP contribution in [0.5, 0.6) is 0 Å². The van der Waals surface area contributed by atoms with Gasteiger partial charge in [0.25, 0.3) is 5.56 Å². The molecule has 1 amide bonds. The number of rotatable bonds is 8. The molecule has 3 N–H and O–H groups in total. The number of hydrogen-bond donors (Lipinski definition) is 2. The number of amides is 1. The maximum atomic E-state index is 13.0. The highest BCUT2D eigenvalue weighted by atomic mass is 32.1. The van der Waals surface area contributed by atoms with Crippen LogP contribution in [0.15, 0.2) is 46.6 Å². The monoisotopic (exact) mass is 413 g/mol. The van der Waals surface area contributed by atoms with Crippen LogP contribution in [0.3, 0.4) is 0 Å². The number of carbonyl (C=O) groups is 1. The first-order chi connectivity index (χ1) is 14.1. The average Bonchev–Trinajstić information content (AvgIpc) is 3.39. The van der Waals surface area contributed by atoms with E-state index in [1.807, 2.05) is 18.2 Å². The summed E-state index contributed by atoms with van der Waals surface area (Å²) in [6.45, 7) is 2.80. The van der Waals surface area contributed by atoms with Crippen molar-refractivity contribution in [3.8, 4) is 0 Å². The summed E-state index contributed by atoms with van der Waals surface area (Å²) >= 11 is 1.72. The first-order valence-electron chi connectivity index (χ1n) is 9.84. The smallest absolute Gasteiger partial charge is 0.262 e. The van der Waals surface area contributed by atoms with Gasteiger partial charge in [-0.25, -0.2) is 4.98 Å². The van der Waals surface area contributed by atoms with Crippen LogP contribution in [0.1, 0.15) is 23.5 Å². The third kappa shape index (κ3) is 4.72. The maximum absolute atomic E-state index is 13.0. The second-order valence-electron chi connectivity index (χ2n) is 7.42. The van der Waals surface area contributed by atoms with Crippen molar-refractivity contribution in [3.05, 3.63) is 62.8 Å². The minimum absolute atomic E-state index is 0.168. The third-order valence-electron chi connectivity index (χ3n) is 5.21. The molecule has 0 spiro atoms. The predicted molar refractivity (Wildman–Crippen MR) is 112 cm³/mol. The molecule has 8 heteroatoms. The molecular formula is C21H25N4O3S+. The number of primary amides is 1. The van der Waals surface area contributed by atoms with Crippen LogP contribution in [0.25, 0.3) is 10.9 Å².